The summed E-state index contributed by atoms with van der Waals surface area (Å²) in [6.07, 6.45) is 7.51. The molecule has 0 N–H and O–H groups in total. The van der Waals surface area contributed by atoms with Crippen LogP contribution < -0.4 is 9.80 Å². The highest BCUT2D eigenvalue weighted by Gasteiger charge is 2.44. The van der Waals surface area contributed by atoms with Gasteiger partial charge in [0.05, 0.1) is 24.7 Å². The number of anilines is 2. The monoisotopic (exact) mass is 395 g/mol. The molecule has 0 amide bonds. The highest BCUT2D eigenvalue weighted by Crippen LogP contribution is 2.46. The van der Waals surface area contributed by atoms with E-state index in [1.165, 1.54) is 0 Å². The van der Waals surface area contributed by atoms with Crippen LogP contribution >= 0.6 is 11.6 Å². The van der Waals surface area contributed by atoms with Gasteiger partial charge in [-0.05, 0) is 43.7 Å². The molecule has 6 nitrogen and oxygen atoms in total. The Labute approximate surface area is 170 Å². The van der Waals surface area contributed by atoms with E-state index in [9.17, 15) is 4.79 Å². The summed E-state index contributed by atoms with van der Waals surface area (Å²) >= 11 is 6.26. The molecule has 1 atom stereocenters. The van der Waals surface area contributed by atoms with Gasteiger partial charge in [0.1, 0.15) is 0 Å². The third kappa shape index (κ3) is 3.43. The summed E-state index contributed by atoms with van der Waals surface area (Å²) in [4.78, 5) is 27.1. The molecule has 0 unspecified atom stereocenters. The minimum absolute atomic E-state index is 0.223. The van der Waals surface area contributed by atoms with Crippen molar-refractivity contribution in [1.29, 1.82) is 0 Å². The van der Waals surface area contributed by atoms with Crippen LogP contribution in [0.1, 0.15) is 36.8 Å². The lowest BCUT2D eigenvalue weighted by molar-refractivity contribution is 0.111. The maximum Gasteiger partial charge on any atom is 0.205 e. The Morgan fingerprint density at radius 1 is 1.25 bits per heavy atom. The standard InChI is InChI=1S/C21H22ClN5O/c1-15-10-21(14-27(15)16-3-4-19(23-2)18(22)9-16)5-7-26(8-6-21)17-11-24-20(13-28)25-12-17/h3-4,9,11-13,15H,5-8,10,14H2,1H3/t15-/m0/s1. The number of halogens is 1. The second kappa shape index (κ2) is 7.40. The second-order valence-electron chi connectivity index (χ2n) is 7.83. The third-order valence-corrected chi connectivity index (χ3v) is 6.41. The molecular formula is C21H22ClN5O. The number of rotatable bonds is 3. The van der Waals surface area contributed by atoms with Crippen molar-refractivity contribution >= 4 is 34.9 Å². The first-order valence-electron chi connectivity index (χ1n) is 9.49. The van der Waals surface area contributed by atoms with Gasteiger partial charge in [-0.3, -0.25) is 4.79 Å². The number of benzene rings is 1. The average Bonchev–Trinajstić information content (AvgIpc) is 3.04. The maximum atomic E-state index is 10.7. The SMILES string of the molecule is [C-]#[N+]c1ccc(N2CC3(CCN(c4cnc(C=O)nc4)CC3)C[C@@H]2C)cc1Cl. The number of carbonyl (C=O) groups excluding carboxylic acids is 1. The quantitative estimate of drug-likeness (QED) is 0.570. The Kier molecular flexibility index (Phi) is 4.94. The Balaban J connectivity index is 1.45. The minimum atomic E-state index is 0.223. The molecule has 28 heavy (non-hydrogen) atoms. The number of aromatic nitrogens is 2. The highest BCUT2D eigenvalue weighted by atomic mass is 35.5. The topological polar surface area (TPSA) is 53.7 Å². The fourth-order valence-corrected chi connectivity index (χ4v) is 4.80. The zero-order valence-corrected chi connectivity index (χ0v) is 16.6. The number of hydrogen-bond acceptors (Lipinski definition) is 5. The number of hydrogen-bond donors (Lipinski definition) is 0. The van der Waals surface area contributed by atoms with Crippen LogP contribution in [-0.2, 0) is 0 Å². The van der Waals surface area contributed by atoms with Crippen LogP contribution in [0.5, 0.6) is 0 Å². The molecule has 1 aromatic carbocycles. The van der Waals surface area contributed by atoms with Crippen molar-refractivity contribution in [3.05, 3.63) is 52.9 Å². The lowest BCUT2D eigenvalue weighted by Gasteiger charge is -2.40. The van der Waals surface area contributed by atoms with Gasteiger partial charge in [0.25, 0.3) is 0 Å². The van der Waals surface area contributed by atoms with Gasteiger partial charge >= 0.3 is 0 Å². The van der Waals surface area contributed by atoms with E-state index in [2.05, 4.69) is 31.5 Å². The molecule has 144 valence electrons. The van der Waals surface area contributed by atoms with Crippen molar-refractivity contribution in [2.45, 2.75) is 32.2 Å². The summed E-state index contributed by atoms with van der Waals surface area (Å²) in [6, 6.07) is 6.19. The van der Waals surface area contributed by atoms with E-state index >= 15 is 0 Å². The van der Waals surface area contributed by atoms with Crippen LogP contribution in [0.25, 0.3) is 4.85 Å². The smallest absolute Gasteiger partial charge is 0.205 e. The van der Waals surface area contributed by atoms with Crippen molar-refractivity contribution in [1.82, 2.24) is 9.97 Å². The molecule has 4 rings (SSSR count). The van der Waals surface area contributed by atoms with Crippen LogP contribution in [0.4, 0.5) is 17.1 Å². The Morgan fingerprint density at radius 2 is 1.96 bits per heavy atom. The third-order valence-electron chi connectivity index (χ3n) is 6.10. The maximum absolute atomic E-state index is 10.7. The molecule has 0 radical (unpaired) electrons. The summed E-state index contributed by atoms with van der Waals surface area (Å²) in [5, 5.41) is 0.522. The Morgan fingerprint density at radius 3 is 2.57 bits per heavy atom. The van der Waals surface area contributed by atoms with Crippen molar-refractivity contribution in [2.75, 3.05) is 29.4 Å². The molecule has 7 heteroatoms. The van der Waals surface area contributed by atoms with Crippen molar-refractivity contribution in [3.8, 4) is 0 Å². The van der Waals surface area contributed by atoms with Gasteiger partial charge in [-0.25, -0.2) is 14.8 Å². The molecular weight excluding hydrogens is 374 g/mol. The first-order valence-corrected chi connectivity index (χ1v) is 9.87. The van der Waals surface area contributed by atoms with Gasteiger partial charge in [-0.1, -0.05) is 17.7 Å². The van der Waals surface area contributed by atoms with Crippen LogP contribution in [-0.4, -0.2) is 41.9 Å². The zero-order chi connectivity index (χ0) is 19.7. The predicted octanol–water partition coefficient (Wildman–Crippen LogP) is 4.38. The molecule has 3 heterocycles. The fraction of sp³-hybridized carbons (Fsp3) is 0.429. The first-order chi connectivity index (χ1) is 13.5. The van der Waals surface area contributed by atoms with E-state index in [-0.39, 0.29) is 5.82 Å². The number of aldehydes is 1. The van der Waals surface area contributed by atoms with E-state index in [1.807, 2.05) is 18.2 Å². The lowest BCUT2D eigenvalue weighted by Crippen LogP contribution is -2.41. The van der Waals surface area contributed by atoms with Gasteiger partial charge < -0.3 is 9.80 Å². The molecule has 0 bridgehead atoms. The summed E-state index contributed by atoms with van der Waals surface area (Å²) in [5.41, 5.74) is 2.87. The van der Waals surface area contributed by atoms with E-state index in [0.717, 1.165) is 50.3 Å². The molecule has 0 aliphatic carbocycles. The van der Waals surface area contributed by atoms with Crippen LogP contribution in [0.3, 0.4) is 0 Å². The zero-order valence-electron chi connectivity index (χ0n) is 15.8. The molecule has 1 spiro atoms. The molecule has 2 aromatic rings. The van der Waals surface area contributed by atoms with Crippen LogP contribution in [0.15, 0.2) is 30.6 Å². The van der Waals surface area contributed by atoms with Gasteiger partial charge in [0.15, 0.2) is 12.1 Å². The predicted molar refractivity (Wildman–Crippen MR) is 110 cm³/mol. The molecule has 2 aliphatic rings. The summed E-state index contributed by atoms with van der Waals surface area (Å²) < 4.78 is 0. The molecule has 2 fully saturated rings. The van der Waals surface area contributed by atoms with Crippen molar-refractivity contribution in [2.24, 2.45) is 5.41 Å². The molecule has 2 aliphatic heterocycles. The normalized spacial score (nSPS) is 21.0. The Bertz CT molecular complexity index is 915. The lowest BCUT2D eigenvalue weighted by atomic mass is 9.76. The van der Waals surface area contributed by atoms with E-state index in [1.54, 1.807) is 12.4 Å². The van der Waals surface area contributed by atoms with Crippen LogP contribution in [0, 0.1) is 12.0 Å². The number of piperidine rings is 1. The highest BCUT2D eigenvalue weighted by molar-refractivity contribution is 6.33. The van der Waals surface area contributed by atoms with Gasteiger partial charge in [0.2, 0.25) is 5.69 Å². The molecule has 2 saturated heterocycles. The average molecular weight is 396 g/mol. The van der Waals surface area contributed by atoms with Gasteiger partial charge in [0, 0.05) is 36.4 Å². The summed E-state index contributed by atoms with van der Waals surface area (Å²) in [7, 11) is 0. The minimum Gasteiger partial charge on any atom is -0.369 e. The largest absolute Gasteiger partial charge is 0.369 e. The number of nitrogens with zero attached hydrogens (tertiary/aromatic N) is 5. The van der Waals surface area contributed by atoms with E-state index in [0.29, 0.717) is 28.5 Å². The van der Waals surface area contributed by atoms with E-state index < -0.39 is 0 Å². The van der Waals surface area contributed by atoms with Gasteiger partial charge in [-0.15, -0.1) is 0 Å². The van der Waals surface area contributed by atoms with Gasteiger partial charge in [-0.2, -0.15) is 0 Å². The molecule has 1 aromatic heterocycles. The number of carbonyl (C=O) groups is 1. The first kappa shape index (κ1) is 18.7. The summed E-state index contributed by atoms with van der Waals surface area (Å²) in [6.45, 7) is 12.4. The van der Waals surface area contributed by atoms with Crippen LogP contribution in [0.2, 0.25) is 5.02 Å². The van der Waals surface area contributed by atoms with Crippen molar-refractivity contribution < 1.29 is 4.79 Å². The van der Waals surface area contributed by atoms with E-state index in [4.69, 9.17) is 18.2 Å². The molecule has 0 saturated carbocycles. The summed E-state index contributed by atoms with van der Waals surface area (Å²) in [5.74, 6) is 0.223. The Hall–Kier alpha value is -2.65. The van der Waals surface area contributed by atoms with Crippen molar-refractivity contribution in [3.63, 3.8) is 0 Å². The second-order valence-corrected chi connectivity index (χ2v) is 8.24. The fourth-order valence-electron chi connectivity index (χ4n) is 4.59.